The molecule has 1 aromatic rings. The maximum atomic E-state index is 5.55. The predicted octanol–water partition coefficient (Wildman–Crippen LogP) is 4.05. The van der Waals surface area contributed by atoms with E-state index in [2.05, 4.69) is 15.9 Å². The zero-order valence-corrected chi connectivity index (χ0v) is 8.48. The lowest BCUT2D eigenvalue weighted by Crippen LogP contribution is -1.76. The SMILES string of the molecule is C/C(=C\Cl)c1ccc(Br)cc1. The summed E-state index contributed by atoms with van der Waals surface area (Å²) < 4.78 is 1.09. The lowest BCUT2D eigenvalue weighted by atomic mass is 10.1. The van der Waals surface area contributed by atoms with Crippen LogP contribution in [-0.4, -0.2) is 0 Å². The van der Waals surface area contributed by atoms with Crippen molar-refractivity contribution in [3.8, 4) is 0 Å². The maximum absolute atomic E-state index is 5.55. The summed E-state index contributed by atoms with van der Waals surface area (Å²) in [6.07, 6.45) is 0. The van der Waals surface area contributed by atoms with Crippen molar-refractivity contribution in [1.82, 2.24) is 0 Å². The smallest absolute Gasteiger partial charge is 0.0175 e. The monoisotopic (exact) mass is 230 g/mol. The highest BCUT2D eigenvalue weighted by molar-refractivity contribution is 9.10. The van der Waals surface area contributed by atoms with Crippen LogP contribution in [0.4, 0.5) is 0 Å². The Hall–Kier alpha value is -0.270. The molecule has 0 nitrogen and oxygen atoms in total. The van der Waals surface area contributed by atoms with Crippen LogP contribution in [0.2, 0.25) is 0 Å². The molecule has 2 heteroatoms. The molecule has 1 aromatic carbocycles. The molecule has 0 aromatic heterocycles. The van der Waals surface area contributed by atoms with Crippen LogP contribution in [0.15, 0.2) is 34.3 Å². The second-order valence-electron chi connectivity index (χ2n) is 2.30. The Morgan fingerprint density at radius 2 is 1.91 bits per heavy atom. The fraction of sp³-hybridized carbons (Fsp3) is 0.111. The molecule has 0 amide bonds. The standard InChI is InChI=1S/C9H8BrCl/c1-7(6-11)8-2-4-9(10)5-3-8/h2-6H,1H3/b7-6+. The van der Waals surface area contributed by atoms with Gasteiger partial charge in [-0.1, -0.05) is 39.7 Å². The highest BCUT2D eigenvalue weighted by Gasteiger charge is 1.92. The zero-order chi connectivity index (χ0) is 8.27. The van der Waals surface area contributed by atoms with Gasteiger partial charge in [0.2, 0.25) is 0 Å². The summed E-state index contributed by atoms with van der Waals surface area (Å²) in [4.78, 5) is 0. The van der Waals surface area contributed by atoms with Crippen LogP contribution in [0.25, 0.3) is 5.57 Å². The molecule has 0 unspecified atom stereocenters. The number of halogens is 2. The van der Waals surface area contributed by atoms with Crippen LogP contribution in [0.5, 0.6) is 0 Å². The molecule has 0 radical (unpaired) electrons. The Bertz CT molecular complexity index is 261. The van der Waals surface area contributed by atoms with Gasteiger partial charge >= 0.3 is 0 Å². The van der Waals surface area contributed by atoms with Crippen molar-refractivity contribution in [3.63, 3.8) is 0 Å². The van der Waals surface area contributed by atoms with E-state index in [1.165, 1.54) is 0 Å². The van der Waals surface area contributed by atoms with Gasteiger partial charge in [0, 0.05) is 10.0 Å². The molecule has 0 aliphatic carbocycles. The van der Waals surface area contributed by atoms with Gasteiger partial charge in [0.15, 0.2) is 0 Å². The Morgan fingerprint density at radius 3 is 2.36 bits per heavy atom. The number of hydrogen-bond donors (Lipinski definition) is 0. The van der Waals surface area contributed by atoms with Crippen LogP contribution in [0, 0.1) is 0 Å². The molecule has 0 atom stereocenters. The van der Waals surface area contributed by atoms with Gasteiger partial charge in [-0.3, -0.25) is 0 Å². The molecular weight excluding hydrogens is 223 g/mol. The highest BCUT2D eigenvalue weighted by atomic mass is 79.9. The maximum Gasteiger partial charge on any atom is 0.0175 e. The van der Waals surface area contributed by atoms with Gasteiger partial charge in [-0.2, -0.15) is 0 Å². The van der Waals surface area contributed by atoms with Crippen LogP contribution in [-0.2, 0) is 0 Å². The van der Waals surface area contributed by atoms with Gasteiger partial charge in [0.25, 0.3) is 0 Å². The van der Waals surface area contributed by atoms with Crippen molar-refractivity contribution >= 4 is 33.1 Å². The number of rotatable bonds is 1. The van der Waals surface area contributed by atoms with E-state index in [0.717, 1.165) is 15.6 Å². The van der Waals surface area contributed by atoms with E-state index in [1.54, 1.807) is 5.54 Å². The first kappa shape index (κ1) is 8.82. The van der Waals surface area contributed by atoms with Crippen molar-refractivity contribution in [2.24, 2.45) is 0 Å². The van der Waals surface area contributed by atoms with Gasteiger partial charge < -0.3 is 0 Å². The normalized spacial score (nSPS) is 11.7. The molecule has 0 heterocycles. The molecule has 0 spiro atoms. The summed E-state index contributed by atoms with van der Waals surface area (Å²) in [7, 11) is 0. The first-order valence-electron chi connectivity index (χ1n) is 3.27. The Morgan fingerprint density at radius 1 is 1.36 bits per heavy atom. The molecule has 0 saturated carbocycles. The van der Waals surface area contributed by atoms with Crippen molar-refractivity contribution in [2.75, 3.05) is 0 Å². The third kappa shape index (κ3) is 2.35. The molecule has 0 N–H and O–H groups in total. The van der Waals surface area contributed by atoms with Crippen LogP contribution in [0.1, 0.15) is 12.5 Å². The molecule has 11 heavy (non-hydrogen) atoms. The van der Waals surface area contributed by atoms with Crippen LogP contribution in [0.3, 0.4) is 0 Å². The van der Waals surface area contributed by atoms with Gasteiger partial charge in [-0.25, -0.2) is 0 Å². The summed E-state index contributed by atoms with van der Waals surface area (Å²) in [5.41, 5.74) is 3.82. The lowest BCUT2D eigenvalue weighted by molar-refractivity contribution is 1.55. The van der Waals surface area contributed by atoms with E-state index in [-0.39, 0.29) is 0 Å². The lowest BCUT2D eigenvalue weighted by Gasteiger charge is -1.98. The molecule has 0 saturated heterocycles. The molecular formula is C9H8BrCl. The molecule has 0 aliphatic heterocycles. The largest absolute Gasteiger partial charge is 0.0926 e. The first-order valence-corrected chi connectivity index (χ1v) is 4.50. The highest BCUT2D eigenvalue weighted by Crippen LogP contribution is 2.17. The van der Waals surface area contributed by atoms with E-state index in [1.807, 2.05) is 31.2 Å². The minimum atomic E-state index is 1.08. The van der Waals surface area contributed by atoms with E-state index in [4.69, 9.17) is 11.6 Å². The Labute approximate surface area is 80.0 Å². The fourth-order valence-corrected chi connectivity index (χ4v) is 1.17. The molecule has 0 aliphatic rings. The predicted molar refractivity (Wildman–Crippen MR) is 53.6 cm³/mol. The summed E-state index contributed by atoms with van der Waals surface area (Å²) in [6.45, 7) is 1.98. The van der Waals surface area contributed by atoms with Crippen molar-refractivity contribution in [2.45, 2.75) is 6.92 Å². The van der Waals surface area contributed by atoms with Gasteiger partial charge in [0.05, 0.1) is 0 Å². The molecule has 58 valence electrons. The fourth-order valence-electron chi connectivity index (χ4n) is 0.776. The zero-order valence-electron chi connectivity index (χ0n) is 6.14. The minimum absolute atomic E-state index is 1.08. The van der Waals surface area contributed by atoms with Crippen molar-refractivity contribution < 1.29 is 0 Å². The third-order valence-corrected chi connectivity index (χ3v) is 2.32. The first-order chi connectivity index (χ1) is 5.24. The van der Waals surface area contributed by atoms with Gasteiger partial charge in [-0.15, -0.1) is 0 Å². The van der Waals surface area contributed by atoms with E-state index in [9.17, 15) is 0 Å². The Balaban J connectivity index is 2.99. The van der Waals surface area contributed by atoms with Crippen molar-refractivity contribution in [1.29, 1.82) is 0 Å². The molecule has 1 rings (SSSR count). The van der Waals surface area contributed by atoms with E-state index in [0.29, 0.717) is 0 Å². The number of hydrogen-bond acceptors (Lipinski definition) is 0. The summed E-state index contributed by atoms with van der Waals surface area (Å²) in [6, 6.07) is 8.05. The Kier molecular flexibility index (Phi) is 3.16. The second kappa shape index (κ2) is 3.93. The summed E-state index contributed by atoms with van der Waals surface area (Å²) >= 11 is 8.92. The quantitative estimate of drug-likeness (QED) is 0.684. The minimum Gasteiger partial charge on any atom is -0.0926 e. The van der Waals surface area contributed by atoms with Gasteiger partial charge in [0.1, 0.15) is 0 Å². The molecule has 0 fully saturated rings. The van der Waals surface area contributed by atoms with Crippen molar-refractivity contribution in [3.05, 3.63) is 39.8 Å². The van der Waals surface area contributed by atoms with Crippen LogP contribution < -0.4 is 0 Å². The third-order valence-electron chi connectivity index (χ3n) is 1.46. The van der Waals surface area contributed by atoms with Gasteiger partial charge in [-0.05, 0) is 30.2 Å². The number of allylic oxidation sites excluding steroid dienone is 1. The topological polar surface area (TPSA) is 0 Å². The van der Waals surface area contributed by atoms with Crippen LogP contribution >= 0.6 is 27.5 Å². The van der Waals surface area contributed by atoms with E-state index < -0.39 is 0 Å². The summed E-state index contributed by atoms with van der Waals surface area (Å²) in [5.74, 6) is 0. The summed E-state index contributed by atoms with van der Waals surface area (Å²) in [5, 5.41) is 0. The molecule has 0 bridgehead atoms. The average molecular weight is 232 g/mol. The second-order valence-corrected chi connectivity index (χ2v) is 3.43. The average Bonchev–Trinajstić information content (AvgIpc) is 2.05. The number of benzene rings is 1. The van der Waals surface area contributed by atoms with E-state index >= 15 is 0 Å².